The molecule has 1 fully saturated rings. The average Bonchev–Trinajstić information content (AvgIpc) is 3.59. The number of para-hydroxylation sites is 1. The van der Waals surface area contributed by atoms with E-state index in [0.717, 1.165) is 25.1 Å². The zero-order valence-electron chi connectivity index (χ0n) is 28.0. The fourth-order valence-electron chi connectivity index (χ4n) is 10.5. The van der Waals surface area contributed by atoms with Gasteiger partial charge in [0, 0.05) is 17.3 Å². The third kappa shape index (κ3) is 5.07. The minimum Gasteiger partial charge on any atom is -0.507 e. The van der Waals surface area contributed by atoms with Crippen LogP contribution in [0.3, 0.4) is 0 Å². The number of ether oxygens (including phenoxy) is 1. The highest BCUT2D eigenvalue weighted by Gasteiger charge is 2.67. The van der Waals surface area contributed by atoms with Crippen molar-refractivity contribution in [3.05, 3.63) is 102 Å². The van der Waals surface area contributed by atoms with Crippen molar-refractivity contribution in [3.8, 4) is 23.1 Å². The van der Waals surface area contributed by atoms with Crippen LogP contribution in [-0.2, 0) is 5.41 Å². The van der Waals surface area contributed by atoms with E-state index in [1.54, 1.807) is 17.2 Å². The monoisotopic (exact) mass is 627 g/mol. The topological polar surface area (TPSA) is 68.1 Å². The second-order valence-electron chi connectivity index (χ2n) is 14.8. The van der Waals surface area contributed by atoms with Gasteiger partial charge in [-0.3, -0.25) is 0 Å². The van der Waals surface area contributed by atoms with Gasteiger partial charge in [0.25, 0.3) is 0 Å². The maximum atomic E-state index is 10.8. The van der Waals surface area contributed by atoms with Crippen molar-refractivity contribution in [2.45, 2.75) is 88.9 Å². The molecule has 1 spiro atoms. The molecule has 0 aliphatic heterocycles. The summed E-state index contributed by atoms with van der Waals surface area (Å²) in [5, 5.41) is 10.8. The number of hydrogen-bond acceptors (Lipinski definition) is 5. The molecule has 9 atom stereocenters. The van der Waals surface area contributed by atoms with Gasteiger partial charge in [-0.2, -0.15) is 9.97 Å². The minimum absolute atomic E-state index is 0.0552. The first-order chi connectivity index (χ1) is 23.1. The van der Waals surface area contributed by atoms with Crippen LogP contribution in [0.25, 0.3) is 11.4 Å². The predicted octanol–water partition coefficient (Wildman–Crippen LogP) is 9.71. The van der Waals surface area contributed by atoms with E-state index in [1.165, 1.54) is 38.5 Å². The van der Waals surface area contributed by atoms with Crippen LogP contribution in [0.2, 0.25) is 0 Å². The molecule has 47 heavy (non-hydrogen) atoms. The lowest BCUT2D eigenvalue weighted by Gasteiger charge is -2.47. The Morgan fingerprint density at radius 1 is 0.894 bits per heavy atom. The molecule has 1 aromatic heterocycles. The quantitative estimate of drug-likeness (QED) is 0.239. The third-order valence-corrected chi connectivity index (χ3v) is 12.6. The Morgan fingerprint density at radius 3 is 2.60 bits per heavy atom. The molecule has 0 amide bonds. The summed E-state index contributed by atoms with van der Waals surface area (Å²) < 4.78 is 6.38. The van der Waals surface area contributed by atoms with Crippen molar-refractivity contribution in [2.24, 2.45) is 35.5 Å². The van der Waals surface area contributed by atoms with E-state index in [1.807, 2.05) is 18.2 Å². The molecule has 9 unspecified atom stereocenters. The third-order valence-electron chi connectivity index (χ3n) is 12.6. The molecule has 244 valence electrons. The first kappa shape index (κ1) is 30.6. The minimum atomic E-state index is 0.0552. The first-order valence-electron chi connectivity index (χ1n) is 18.4. The maximum Gasteiger partial charge on any atom is 0.320 e. The zero-order valence-corrected chi connectivity index (χ0v) is 28.0. The smallest absolute Gasteiger partial charge is 0.320 e. The van der Waals surface area contributed by atoms with Crippen molar-refractivity contribution < 1.29 is 9.84 Å². The molecule has 5 aliphatic rings. The molecule has 0 radical (unpaired) electrons. The highest BCUT2D eigenvalue weighted by Crippen LogP contribution is 2.71. The van der Waals surface area contributed by atoms with Crippen molar-refractivity contribution >= 4 is 0 Å². The number of hydrogen-bond donors (Lipinski definition) is 1. The highest BCUT2D eigenvalue weighted by atomic mass is 16.5. The number of allylic oxidation sites excluding steroid dienone is 6. The zero-order chi connectivity index (χ0) is 32.0. The lowest BCUT2D eigenvalue weighted by Crippen LogP contribution is -2.44. The highest BCUT2D eigenvalue weighted by molar-refractivity contribution is 5.63. The Balaban J connectivity index is 1.20. The standard InChI is InChI=1S/C42H49N3O2/c1-3-5-14-27(4-2)26-47-41-44-39(43-40(45-41)33-18-9-13-22-38(33)46)28-23-24-32-31-17-8-12-21-36(31)42(37(32)25-28)34-19-10-6-15-29(34)30-16-7-11-20-35(30)42/h6-7,9-10,12-13,15-16,18-19,21-24,27-28,30-32,35-37,46H,3-5,8,11,14,17,20,25-26H2,1-2H3. The summed E-state index contributed by atoms with van der Waals surface area (Å²) in [4.78, 5) is 14.9. The Morgan fingerprint density at radius 2 is 1.72 bits per heavy atom. The molecular weight excluding hydrogens is 578 g/mol. The van der Waals surface area contributed by atoms with Crippen molar-refractivity contribution in [1.29, 1.82) is 0 Å². The van der Waals surface area contributed by atoms with Gasteiger partial charge in [0.15, 0.2) is 5.82 Å². The van der Waals surface area contributed by atoms with Crippen LogP contribution >= 0.6 is 0 Å². The number of unbranched alkanes of at least 4 members (excludes halogenated alkanes) is 1. The molecule has 0 saturated heterocycles. The summed E-state index contributed by atoms with van der Waals surface area (Å²) in [6, 6.07) is 17.1. The van der Waals surface area contributed by atoms with Gasteiger partial charge in [-0.25, -0.2) is 4.98 Å². The van der Waals surface area contributed by atoms with Crippen LogP contribution in [0.4, 0.5) is 0 Å². The summed E-state index contributed by atoms with van der Waals surface area (Å²) >= 11 is 0. The van der Waals surface area contributed by atoms with Gasteiger partial charge < -0.3 is 9.84 Å². The summed E-state index contributed by atoms with van der Waals surface area (Å²) in [5.74, 6) is 5.35. The molecule has 3 aromatic rings. The van der Waals surface area contributed by atoms with E-state index in [9.17, 15) is 5.11 Å². The predicted molar refractivity (Wildman–Crippen MR) is 187 cm³/mol. The van der Waals surface area contributed by atoms with Gasteiger partial charge in [-0.1, -0.05) is 106 Å². The molecular formula is C42H49N3O2. The molecule has 1 N–H and O–H groups in total. The summed E-state index contributed by atoms with van der Waals surface area (Å²) in [6.07, 6.45) is 25.5. The van der Waals surface area contributed by atoms with Crippen LogP contribution in [0.15, 0.2) is 85.0 Å². The normalized spacial score (nSPS) is 32.1. The lowest BCUT2D eigenvalue weighted by molar-refractivity contribution is 0.136. The van der Waals surface area contributed by atoms with Crippen LogP contribution in [-0.4, -0.2) is 26.7 Å². The van der Waals surface area contributed by atoms with Crippen LogP contribution in [0.1, 0.15) is 100 Å². The maximum absolute atomic E-state index is 10.8. The molecule has 8 rings (SSSR count). The summed E-state index contributed by atoms with van der Waals surface area (Å²) in [5.41, 5.74) is 3.90. The van der Waals surface area contributed by atoms with E-state index in [0.29, 0.717) is 65.4 Å². The van der Waals surface area contributed by atoms with Crippen molar-refractivity contribution in [3.63, 3.8) is 0 Å². The number of rotatable bonds is 9. The Labute approximate surface area is 280 Å². The van der Waals surface area contributed by atoms with E-state index in [4.69, 9.17) is 19.7 Å². The SMILES string of the molecule is CCCCC(CC)COc1nc(-c2ccccc2O)nc(C2C=CC3C4CCC=CC4C4(c5ccccc5C5C=CCCC54)C3C2)n1. The summed E-state index contributed by atoms with van der Waals surface area (Å²) in [6.45, 7) is 5.07. The second kappa shape index (κ2) is 12.7. The first-order valence-corrected chi connectivity index (χ1v) is 18.4. The van der Waals surface area contributed by atoms with E-state index in [2.05, 4.69) is 74.6 Å². The number of nitrogens with zero attached hydrogens (tertiary/aromatic N) is 3. The fraction of sp³-hybridized carbons (Fsp3) is 0.500. The van der Waals surface area contributed by atoms with E-state index >= 15 is 0 Å². The van der Waals surface area contributed by atoms with Crippen LogP contribution in [0, 0.1) is 35.5 Å². The van der Waals surface area contributed by atoms with Gasteiger partial charge in [-0.05, 0) is 97.3 Å². The van der Waals surface area contributed by atoms with Gasteiger partial charge in [0.1, 0.15) is 11.6 Å². The number of phenols is 1. The molecule has 5 heteroatoms. The number of benzene rings is 2. The number of phenolic OH excluding ortho intramolecular Hbond substituents is 1. The van der Waals surface area contributed by atoms with Crippen LogP contribution in [0.5, 0.6) is 11.8 Å². The number of aromatic nitrogens is 3. The van der Waals surface area contributed by atoms with Crippen molar-refractivity contribution in [2.75, 3.05) is 6.61 Å². The van der Waals surface area contributed by atoms with E-state index < -0.39 is 0 Å². The number of fused-ring (bicyclic) bond motifs is 10. The Bertz CT molecular complexity index is 1690. The van der Waals surface area contributed by atoms with Gasteiger partial charge in [-0.15, -0.1) is 0 Å². The second-order valence-corrected chi connectivity index (χ2v) is 14.8. The van der Waals surface area contributed by atoms with E-state index in [-0.39, 0.29) is 17.1 Å². The molecule has 1 saturated carbocycles. The average molecular weight is 628 g/mol. The lowest BCUT2D eigenvalue weighted by atomic mass is 9.56. The Kier molecular flexibility index (Phi) is 8.27. The van der Waals surface area contributed by atoms with Crippen LogP contribution < -0.4 is 4.74 Å². The fourth-order valence-corrected chi connectivity index (χ4v) is 10.5. The van der Waals surface area contributed by atoms with Gasteiger partial charge in [0.05, 0.1) is 12.2 Å². The van der Waals surface area contributed by atoms with Gasteiger partial charge >= 0.3 is 6.01 Å². The summed E-state index contributed by atoms with van der Waals surface area (Å²) in [7, 11) is 0. The molecule has 5 nitrogen and oxygen atoms in total. The largest absolute Gasteiger partial charge is 0.507 e. The molecule has 5 aliphatic carbocycles. The Hall–Kier alpha value is -3.73. The molecule has 2 aromatic carbocycles. The molecule has 0 bridgehead atoms. The van der Waals surface area contributed by atoms with Crippen molar-refractivity contribution in [1.82, 2.24) is 15.0 Å². The number of aromatic hydroxyl groups is 1. The van der Waals surface area contributed by atoms with Gasteiger partial charge in [0.2, 0.25) is 0 Å². The molecule has 1 heterocycles.